The lowest BCUT2D eigenvalue weighted by molar-refractivity contribution is 0.219. The largest absolute Gasteiger partial charge is 0.491 e. The maximum absolute atomic E-state index is 11.9. The first-order valence-corrected chi connectivity index (χ1v) is 7.90. The number of rotatable bonds is 5. The number of carbonyl (C=O) groups excluding carboxylic acids is 1. The van der Waals surface area contributed by atoms with E-state index >= 15 is 0 Å². The summed E-state index contributed by atoms with van der Waals surface area (Å²) in [5.41, 5.74) is 1.11. The van der Waals surface area contributed by atoms with Crippen LogP contribution < -0.4 is 15.4 Å². The zero-order valence-electron chi connectivity index (χ0n) is 13.0. The molecule has 4 heteroatoms. The van der Waals surface area contributed by atoms with Gasteiger partial charge in [-0.3, -0.25) is 0 Å². The van der Waals surface area contributed by atoms with Gasteiger partial charge in [-0.1, -0.05) is 37.5 Å². The maximum atomic E-state index is 11.9. The molecule has 0 radical (unpaired) electrons. The van der Waals surface area contributed by atoms with Crippen LogP contribution in [0.5, 0.6) is 5.75 Å². The van der Waals surface area contributed by atoms with E-state index in [0.29, 0.717) is 12.6 Å². The van der Waals surface area contributed by atoms with Gasteiger partial charge in [0, 0.05) is 6.04 Å². The predicted octanol–water partition coefficient (Wildman–Crippen LogP) is 3.39. The molecule has 4 nitrogen and oxygen atoms in total. The maximum Gasteiger partial charge on any atom is 0.315 e. The summed E-state index contributed by atoms with van der Waals surface area (Å²) < 4.78 is 5.75. The molecule has 0 aliphatic heterocycles. The van der Waals surface area contributed by atoms with Crippen molar-refractivity contribution in [3.63, 3.8) is 0 Å². The van der Waals surface area contributed by atoms with Crippen LogP contribution in [0.3, 0.4) is 0 Å². The zero-order chi connectivity index (χ0) is 15.1. The molecule has 0 heterocycles. The van der Waals surface area contributed by atoms with Crippen LogP contribution in [0.25, 0.3) is 0 Å². The highest BCUT2D eigenvalue weighted by molar-refractivity contribution is 5.74. The van der Waals surface area contributed by atoms with Gasteiger partial charge in [0.15, 0.2) is 0 Å². The highest BCUT2D eigenvalue weighted by Gasteiger charge is 2.16. The number of para-hydroxylation sites is 1. The van der Waals surface area contributed by atoms with Crippen LogP contribution in [-0.2, 0) is 0 Å². The Morgan fingerprint density at radius 1 is 1.29 bits per heavy atom. The van der Waals surface area contributed by atoms with E-state index in [-0.39, 0.29) is 12.1 Å². The minimum atomic E-state index is -0.0808. The van der Waals surface area contributed by atoms with Crippen LogP contribution in [-0.4, -0.2) is 24.7 Å². The summed E-state index contributed by atoms with van der Waals surface area (Å²) in [5.74, 6) is 0.874. The average Bonchev–Trinajstić information content (AvgIpc) is 2.47. The lowest BCUT2D eigenvalue weighted by atomic mass is 9.96. The monoisotopic (exact) mass is 290 g/mol. The van der Waals surface area contributed by atoms with Crippen molar-refractivity contribution in [1.82, 2.24) is 10.6 Å². The first-order valence-electron chi connectivity index (χ1n) is 7.90. The summed E-state index contributed by atoms with van der Waals surface area (Å²) in [4.78, 5) is 11.9. The molecule has 21 heavy (non-hydrogen) atoms. The Balaban J connectivity index is 1.70. The second-order valence-corrected chi connectivity index (χ2v) is 5.93. The van der Waals surface area contributed by atoms with Crippen LogP contribution >= 0.6 is 0 Å². The lowest BCUT2D eigenvalue weighted by Crippen LogP contribution is -2.47. The quantitative estimate of drug-likeness (QED) is 0.873. The minimum Gasteiger partial charge on any atom is -0.491 e. The highest BCUT2D eigenvalue weighted by atomic mass is 16.5. The molecule has 116 valence electrons. The number of urea groups is 1. The Morgan fingerprint density at radius 2 is 2.00 bits per heavy atom. The summed E-state index contributed by atoms with van der Waals surface area (Å²) in [5, 5.41) is 6.00. The van der Waals surface area contributed by atoms with E-state index in [9.17, 15) is 4.79 Å². The number of ether oxygens (including phenoxy) is 1. The molecule has 1 saturated carbocycles. The van der Waals surface area contributed by atoms with Gasteiger partial charge in [0.25, 0.3) is 0 Å². The van der Waals surface area contributed by atoms with Gasteiger partial charge < -0.3 is 15.4 Å². The molecular weight excluding hydrogens is 264 g/mol. The number of carbonyl (C=O) groups is 1. The van der Waals surface area contributed by atoms with Gasteiger partial charge in [0.2, 0.25) is 0 Å². The fraction of sp³-hybridized carbons (Fsp3) is 0.588. The van der Waals surface area contributed by atoms with Crippen molar-refractivity contribution in [2.75, 3.05) is 6.61 Å². The SMILES string of the molecule is Cc1ccccc1OCC(C)NC(=O)NC1CCCCC1. The van der Waals surface area contributed by atoms with E-state index in [0.717, 1.165) is 24.2 Å². The summed E-state index contributed by atoms with van der Waals surface area (Å²) in [6.45, 7) is 4.45. The van der Waals surface area contributed by atoms with Crippen molar-refractivity contribution in [3.05, 3.63) is 29.8 Å². The van der Waals surface area contributed by atoms with Gasteiger partial charge in [-0.25, -0.2) is 4.79 Å². The smallest absolute Gasteiger partial charge is 0.315 e. The van der Waals surface area contributed by atoms with Gasteiger partial charge in [0.05, 0.1) is 6.04 Å². The topological polar surface area (TPSA) is 50.4 Å². The number of hydrogen-bond acceptors (Lipinski definition) is 2. The Kier molecular flexibility index (Phi) is 5.90. The molecule has 2 rings (SSSR count). The first kappa shape index (κ1) is 15.7. The summed E-state index contributed by atoms with van der Waals surface area (Å²) in [7, 11) is 0. The molecule has 0 spiro atoms. The molecular formula is C17H26N2O2. The van der Waals surface area contributed by atoms with Crippen molar-refractivity contribution in [1.29, 1.82) is 0 Å². The zero-order valence-corrected chi connectivity index (χ0v) is 13.0. The summed E-state index contributed by atoms with van der Waals surface area (Å²) in [6, 6.07) is 8.14. The molecule has 1 aliphatic carbocycles. The molecule has 1 unspecified atom stereocenters. The van der Waals surface area contributed by atoms with E-state index in [1.54, 1.807) is 0 Å². The number of benzene rings is 1. The molecule has 1 aromatic carbocycles. The number of amides is 2. The standard InChI is InChI=1S/C17H26N2O2/c1-13-8-6-7-11-16(13)21-12-14(2)18-17(20)19-15-9-4-3-5-10-15/h6-8,11,14-15H,3-5,9-10,12H2,1-2H3,(H2,18,19,20). The Hall–Kier alpha value is -1.71. The van der Waals surface area contributed by atoms with E-state index in [2.05, 4.69) is 10.6 Å². The molecule has 2 N–H and O–H groups in total. The molecule has 1 fully saturated rings. The van der Waals surface area contributed by atoms with E-state index in [1.165, 1.54) is 19.3 Å². The van der Waals surface area contributed by atoms with Crippen molar-refractivity contribution >= 4 is 6.03 Å². The van der Waals surface area contributed by atoms with E-state index < -0.39 is 0 Å². The molecule has 0 aromatic heterocycles. The second-order valence-electron chi connectivity index (χ2n) is 5.93. The Morgan fingerprint density at radius 3 is 2.71 bits per heavy atom. The van der Waals surface area contributed by atoms with Crippen molar-refractivity contribution in [2.45, 2.75) is 58.0 Å². The molecule has 0 bridgehead atoms. The van der Waals surface area contributed by atoms with Crippen LogP contribution in [0, 0.1) is 6.92 Å². The highest BCUT2D eigenvalue weighted by Crippen LogP contribution is 2.17. The van der Waals surface area contributed by atoms with E-state index in [1.807, 2.05) is 38.1 Å². The van der Waals surface area contributed by atoms with Crippen molar-refractivity contribution in [2.24, 2.45) is 0 Å². The van der Waals surface area contributed by atoms with Gasteiger partial charge >= 0.3 is 6.03 Å². The van der Waals surface area contributed by atoms with E-state index in [4.69, 9.17) is 4.74 Å². The predicted molar refractivity (Wildman–Crippen MR) is 84.7 cm³/mol. The van der Waals surface area contributed by atoms with Crippen LogP contribution in [0.4, 0.5) is 4.79 Å². The van der Waals surface area contributed by atoms with Crippen LogP contribution in [0.15, 0.2) is 24.3 Å². The third kappa shape index (κ3) is 5.29. The molecule has 1 aromatic rings. The lowest BCUT2D eigenvalue weighted by Gasteiger charge is -2.24. The first-order chi connectivity index (χ1) is 10.1. The number of nitrogens with one attached hydrogen (secondary N) is 2. The fourth-order valence-corrected chi connectivity index (χ4v) is 2.67. The second kappa shape index (κ2) is 7.91. The summed E-state index contributed by atoms with van der Waals surface area (Å²) >= 11 is 0. The van der Waals surface area contributed by atoms with Crippen LogP contribution in [0.1, 0.15) is 44.6 Å². The van der Waals surface area contributed by atoms with Crippen molar-refractivity contribution in [3.8, 4) is 5.75 Å². The average molecular weight is 290 g/mol. The number of hydrogen-bond donors (Lipinski definition) is 2. The fourth-order valence-electron chi connectivity index (χ4n) is 2.67. The third-order valence-corrected chi connectivity index (χ3v) is 3.90. The third-order valence-electron chi connectivity index (χ3n) is 3.90. The molecule has 1 aliphatic rings. The van der Waals surface area contributed by atoms with Gasteiger partial charge in [-0.2, -0.15) is 0 Å². The minimum absolute atomic E-state index is 0.0202. The Labute approximate surface area is 127 Å². The summed E-state index contributed by atoms with van der Waals surface area (Å²) in [6.07, 6.45) is 5.93. The molecule has 2 amide bonds. The van der Waals surface area contributed by atoms with Gasteiger partial charge in [-0.15, -0.1) is 0 Å². The molecule has 0 saturated heterocycles. The number of aryl methyl sites for hydroxylation is 1. The van der Waals surface area contributed by atoms with Crippen molar-refractivity contribution < 1.29 is 9.53 Å². The van der Waals surface area contributed by atoms with Crippen LogP contribution in [0.2, 0.25) is 0 Å². The normalized spacial score (nSPS) is 17.0. The molecule has 1 atom stereocenters. The van der Waals surface area contributed by atoms with Gasteiger partial charge in [0.1, 0.15) is 12.4 Å². The van der Waals surface area contributed by atoms with Gasteiger partial charge in [-0.05, 0) is 38.3 Å². The Bertz CT molecular complexity index is 456.